The third-order valence-corrected chi connectivity index (χ3v) is 2.51. The molecule has 0 radical (unpaired) electrons. The SMILES string of the molecule is CCC(CC(=O)OCOC)c1ccccc1. The van der Waals surface area contributed by atoms with E-state index in [4.69, 9.17) is 9.47 Å². The third-order valence-electron chi connectivity index (χ3n) is 2.51. The van der Waals surface area contributed by atoms with E-state index in [9.17, 15) is 4.79 Å². The molecule has 16 heavy (non-hydrogen) atoms. The summed E-state index contributed by atoms with van der Waals surface area (Å²) in [5.74, 6) is 0.0168. The molecule has 0 bridgehead atoms. The predicted octanol–water partition coefficient (Wildman–Crippen LogP) is 2.72. The number of hydrogen-bond donors (Lipinski definition) is 0. The van der Waals surface area contributed by atoms with Crippen LogP contribution in [0, 0.1) is 0 Å². The minimum absolute atomic E-state index is 0.0318. The van der Waals surface area contributed by atoms with Crippen LogP contribution in [0.3, 0.4) is 0 Å². The monoisotopic (exact) mass is 222 g/mol. The summed E-state index contributed by atoms with van der Waals surface area (Å²) in [5.41, 5.74) is 1.18. The molecule has 0 amide bonds. The summed E-state index contributed by atoms with van der Waals surface area (Å²) >= 11 is 0. The van der Waals surface area contributed by atoms with Gasteiger partial charge in [-0.2, -0.15) is 0 Å². The van der Waals surface area contributed by atoms with Gasteiger partial charge >= 0.3 is 5.97 Å². The van der Waals surface area contributed by atoms with Crippen molar-refractivity contribution in [3.05, 3.63) is 35.9 Å². The van der Waals surface area contributed by atoms with Gasteiger partial charge in [0.05, 0.1) is 6.42 Å². The van der Waals surface area contributed by atoms with Gasteiger partial charge in [0, 0.05) is 7.11 Å². The smallest absolute Gasteiger partial charge is 0.308 e. The third kappa shape index (κ3) is 4.03. The van der Waals surface area contributed by atoms with Crippen LogP contribution in [0.1, 0.15) is 31.2 Å². The van der Waals surface area contributed by atoms with Crippen molar-refractivity contribution in [3.8, 4) is 0 Å². The molecule has 88 valence electrons. The van der Waals surface area contributed by atoms with Gasteiger partial charge in [-0.1, -0.05) is 37.3 Å². The summed E-state index contributed by atoms with van der Waals surface area (Å²) in [5, 5.41) is 0. The number of methoxy groups -OCH3 is 1. The molecular weight excluding hydrogens is 204 g/mol. The highest BCUT2D eigenvalue weighted by Gasteiger charge is 2.14. The molecule has 1 rings (SSSR count). The van der Waals surface area contributed by atoms with Crippen molar-refractivity contribution in [2.75, 3.05) is 13.9 Å². The molecule has 1 aromatic carbocycles. The van der Waals surface area contributed by atoms with E-state index in [0.29, 0.717) is 6.42 Å². The fourth-order valence-electron chi connectivity index (χ4n) is 1.61. The highest BCUT2D eigenvalue weighted by molar-refractivity contribution is 5.70. The Kier molecular flexibility index (Phi) is 5.57. The highest BCUT2D eigenvalue weighted by atomic mass is 16.7. The largest absolute Gasteiger partial charge is 0.438 e. The van der Waals surface area contributed by atoms with Crippen LogP contribution in [0.2, 0.25) is 0 Å². The minimum Gasteiger partial charge on any atom is -0.438 e. The normalized spacial score (nSPS) is 12.1. The standard InChI is InChI=1S/C13H18O3/c1-3-11(9-13(14)16-10-15-2)12-7-5-4-6-8-12/h4-8,11H,3,9-10H2,1-2H3. The lowest BCUT2D eigenvalue weighted by molar-refractivity contribution is -0.154. The summed E-state index contributed by atoms with van der Waals surface area (Å²) in [4.78, 5) is 11.4. The fraction of sp³-hybridized carbons (Fsp3) is 0.462. The van der Waals surface area contributed by atoms with Gasteiger partial charge in [-0.25, -0.2) is 0 Å². The molecule has 3 nitrogen and oxygen atoms in total. The lowest BCUT2D eigenvalue weighted by Crippen LogP contribution is -2.11. The predicted molar refractivity (Wildman–Crippen MR) is 62.1 cm³/mol. The summed E-state index contributed by atoms with van der Waals surface area (Å²) < 4.78 is 9.57. The molecule has 0 aliphatic carbocycles. The van der Waals surface area contributed by atoms with E-state index < -0.39 is 0 Å². The zero-order valence-electron chi connectivity index (χ0n) is 9.81. The first kappa shape index (κ1) is 12.7. The maximum atomic E-state index is 11.4. The maximum absolute atomic E-state index is 11.4. The molecule has 0 aliphatic heterocycles. The lowest BCUT2D eigenvalue weighted by atomic mass is 9.93. The molecule has 0 aromatic heterocycles. The summed E-state index contributed by atoms with van der Waals surface area (Å²) in [6.45, 7) is 2.10. The number of benzene rings is 1. The van der Waals surface area contributed by atoms with E-state index in [1.54, 1.807) is 0 Å². The van der Waals surface area contributed by atoms with Crippen molar-refractivity contribution >= 4 is 5.97 Å². The highest BCUT2D eigenvalue weighted by Crippen LogP contribution is 2.23. The van der Waals surface area contributed by atoms with Crippen LogP contribution in [0.15, 0.2) is 30.3 Å². The lowest BCUT2D eigenvalue weighted by Gasteiger charge is -2.14. The molecule has 1 aromatic rings. The molecule has 0 N–H and O–H groups in total. The van der Waals surface area contributed by atoms with Crippen molar-refractivity contribution in [2.45, 2.75) is 25.7 Å². The van der Waals surface area contributed by atoms with Crippen molar-refractivity contribution in [3.63, 3.8) is 0 Å². The van der Waals surface area contributed by atoms with Gasteiger partial charge in [0.15, 0.2) is 6.79 Å². The van der Waals surface area contributed by atoms with E-state index in [-0.39, 0.29) is 18.7 Å². The van der Waals surface area contributed by atoms with Crippen LogP contribution in [-0.4, -0.2) is 19.9 Å². The molecule has 1 atom stereocenters. The molecule has 1 unspecified atom stereocenters. The molecule has 0 fully saturated rings. The van der Waals surface area contributed by atoms with Gasteiger partial charge in [0.2, 0.25) is 0 Å². The second-order valence-corrected chi connectivity index (χ2v) is 3.64. The van der Waals surface area contributed by atoms with E-state index in [0.717, 1.165) is 6.42 Å². The molecule has 0 heterocycles. The van der Waals surface area contributed by atoms with E-state index in [1.165, 1.54) is 12.7 Å². The van der Waals surface area contributed by atoms with E-state index in [2.05, 4.69) is 6.92 Å². The molecule has 0 spiro atoms. The first-order valence-corrected chi connectivity index (χ1v) is 5.47. The first-order valence-electron chi connectivity index (χ1n) is 5.47. The van der Waals surface area contributed by atoms with Crippen LogP contribution >= 0.6 is 0 Å². The number of rotatable bonds is 6. The zero-order chi connectivity index (χ0) is 11.8. The number of esters is 1. The van der Waals surface area contributed by atoms with Crippen LogP contribution in [0.5, 0.6) is 0 Å². The second-order valence-electron chi connectivity index (χ2n) is 3.64. The summed E-state index contributed by atoms with van der Waals surface area (Å²) in [7, 11) is 1.50. The number of carbonyl (C=O) groups excluding carboxylic acids is 1. The first-order chi connectivity index (χ1) is 7.77. The van der Waals surface area contributed by atoms with Gasteiger partial charge in [-0.15, -0.1) is 0 Å². The molecule has 3 heteroatoms. The zero-order valence-corrected chi connectivity index (χ0v) is 9.81. The Hall–Kier alpha value is -1.35. The molecular formula is C13H18O3. The maximum Gasteiger partial charge on any atom is 0.308 e. The Labute approximate surface area is 96.4 Å². The average Bonchev–Trinajstić information content (AvgIpc) is 2.34. The van der Waals surface area contributed by atoms with Crippen LogP contribution in [0.25, 0.3) is 0 Å². The Bertz CT molecular complexity index is 308. The van der Waals surface area contributed by atoms with Gasteiger partial charge in [-0.3, -0.25) is 4.79 Å². The van der Waals surface area contributed by atoms with Gasteiger partial charge in [0.25, 0.3) is 0 Å². The van der Waals surface area contributed by atoms with Crippen LogP contribution in [-0.2, 0) is 14.3 Å². The summed E-state index contributed by atoms with van der Waals surface area (Å²) in [6, 6.07) is 10.0. The molecule has 0 saturated carbocycles. The van der Waals surface area contributed by atoms with Gasteiger partial charge in [-0.05, 0) is 17.9 Å². The van der Waals surface area contributed by atoms with E-state index in [1.807, 2.05) is 30.3 Å². The molecule has 0 aliphatic rings. The molecule has 0 saturated heterocycles. The Balaban J connectivity index is 2.52. The van der Waals surface area contributed by atoms with Gasteiger partial charge < -0.3 is 9.47 Å². The fourth-order valence-corrected chi connectivity index (χ4v) is 1.61. The Morgan fingerprint density at radius 1 is 1.31 bits per heavy atom. The second kappa shape index (κ2) is 7.01. The van der Waals surface area contributed by atoms with Gasteiger partial charge in [0.1, 0.15) is 0 Å². The Morgan fingerprint density at radius 2 is 2.00 bits per heavy atom. The summed E-state index contributed by atoms with van der Waals surface area (Å²) in [6.07, 6.45) is 1.33. The minimum atomic E-state index is -0.211. The Morgan fingerprint density at radius 3 is 2.56 bits per heavy atom. The number of carbonyl (C=O) groups is 1. The number of hydrogen-bond acceptors (Lipinski definition) is 3. The van der Waals surface area contributed by atoms with Crippen molar-refractivity contribution in [2.24, 2.45) is 0 Å². The quantitative estimate of drug-likeness (QED) is 0.548. The topological polar surface area (TPSA) is 35.5 Å². The average molecular weight is 222 g/mol. The van der Waals surface area contributed by atoms with Crippen molar-refractivity contribution in [1.29, 1.82) is 0 Å². The van der Waals surface area contributed by atoms with Crippen molar-refractivity contribution in [1.82, 2.24) is 0 Å². The van der Waals surface area contributed by atoms with E-state index >= 15 is 0 Å². The number of ether oxygens (including phenoxy) is 2. The van der Waals surface area contributed by atoms with Crippen LogP contribution < -0.4 is 0 Å². The van der Waals surface area contributed by atoms with Crippen LogP contribution in [0.4, 0.5) is 0 Å². The van der Waals surface area contributed by atoms with Crippen molar-refractivity contribution < 1.29 is 14.3 Å².